The first-order valence-electron chi connectivity index (χ1n) is 7.33. The Bertz CT molecular complexity index is 937. The fourth-order valence-corrected chi connectivity index (χ4v) is 2.72. The van der Waals surface area contributed by atoms with Crippen molar-refractivity contribution in [3.63, 3.8) is 0 Å². The number of halogens is 1. The summed E-state index contributed by atoms with van der Waals surface area (Å²) in [6.45, 7) is 1.69. The number of amides is 1. The minimum absolute atomic E-state index is 0.0518. The van der Waals surface area contributed by atoms with Crippen LogP contribution in [0.4, 0.5) is 11.4 Å². The molecule has 7 nitrogen and oxygen atoms in total. The van der Waals surface area contributed by atoms with E-state index in [1.54, 1.807) is 6.92 Å². The SMILES string of the molecule is Cc1nn(-c2ccccc2)c(Cl)c1C(=O)Nc1ccc([N+](=O)[O-])cc1. The zero-order valence-corrected chi connectivity index (χ0v) is 13.9. The van der Waals surface area contributed by atoms with Crippen LogP contribution in [-0.4, -0.2) is 20.6 Å². The Labute approximate surface area is 148 Å². The molecule has 0 aliphatic carbocycles. The van der Waals surface area contributed by atoms with Gasteiger partial charge in [-0.2, -0.15) is 5.10 Å². The Kier molecular flexibility index (Phi) is 4.49. The lowest BCUT2D eigenvalue weighted by Gasteiger charge is -2.05. The van der Waals surface area contributed by atoms with Gasteiger partial charge in [0.15, 0.2) is 0 Å². The number of benzene rings is 2. The van der Waals surface area contributed by atoms with Crippen molar-refractivity contribution in [2.75, 3.05) is 5.32 Å². The zero-order valence-electron chi connectivity index (χ0n) is 13.1. The molecule has 0 fully saturated rings. The van der Waals surface area contributed by atoms with Gasteiger partial charge in [-0.15, -0.1) is 0 Å². The van der Waals surface area contributed by atoms with E-state index in [-0.39, 0.29) is 16.4 Å². The Hall–Kier alpha value is -3.19. The summed E-state index contributed by atoms with van der Waals surface area (Å²) >= 11 is 6.34. The first kappa shape index (κ1) is 16.7. The van der Waals surface area contributed by atoms with Gasteiger partial charge in [0.25, 0.3) is 11.6 Å². The normalized spacial score (nSPS) is 10.5. The van der Waals surface area contributed by atoms with Crippen LogP contribution in [-0.2, 0) is 0 Å². The van der Waals surface area contributed by atoms with E-state index in [0.717, 1.165) is 5.69 Å². The number of nitrogens with one attached hydrogen (secondary N) is 1. The molecule has 0 radical (unpaired) electrons. The third-order valence-corrected chi connectivity index (χ3v) is 3.92. The van der Waals surface area contributed by atoms with E-state index >= 15 is 0 Å². The average Bonchev–Trinajstić information content (AvgIpc) is 2.90. The van der Waals surface area contributed by atoms with Crippen molar-refractivity contribution in [2.45, 2.75) is 6.92 Å². The van der Waals surface area contributed by atoms with E-state index in [2.05, 4.69) is 10.4 Å². The topological polar surface area (TPSA) is 90.1 Å². The number of carbonyl (C=O) groups excluding carboxylic acids is 1. The number of anilines is 1. The second-order valence-electron chi connectivity index (χ2n) is 5.26. The predicted octanol–water partition coefficient (Wildman–Crippen LogP) is 3.99. The highest BCUT2D eigenvalue weighted by atomic mass is 35.5. The molecule has 3 rings (SSSR count). The van der Waals surface area contributed by atoms with Crippen molar-refractivity contribution in [1.82, 2.24) is 9.78 Å². The van der Waals surface area contributed by atoms with Gasteiger partial charge in [0.1, 0.15) is 10.7 Å². The largest absolute Gasteiger partial charge is 0.322 e. The smallest absolute Gasteiger partial charge is 0.269 e. The van der Waals surface area contributed by atoms with Gasteiger partial charge >= 0.3 is 0 Å². The molecule has 25 heavy (non-hydrogen) atoms. The molecule has 1 aromatic heterocycles. The number of rotatable bonds is 4. The van der Waals surface area contributed by atoms with Crippen LogP contribution in [0.15, 0.2) is 54.6 Å². The van der Waals surface area contributed by atoms with E-state index in [9.17, 15) is 14.9 Å². The fourth-order valence-electron chi connectivity index (χ4n) is 2.36. The van der Waals surface area contributed by atoms with Crippen molar-refractivity contribution in [3.8, 4) is 5.69 Å². The van der Waals surface area contributed by atoms with Gasteiger partial charge in [-0.05, 0) is 31.2 Å². The molecule has 0 unspecified atom stereocenters. The molecule has 0 aliphatic heterocycles. The number of non-ortho nitro benzene ring substituents is 1. The van der Waals surface area contributed by atoms with Gasteiger partial charge < -0.3 is 5.32 Å². The Morgan fingerprint density at radius 2 is 1.80 bits per heavy atom. The molecule has 8 heteroatoms. The third-order valence-electron chi connectivity index (χ3n) is 3.57. The molecule has 0 saturated carbocycles. The summed E-state index contributed by atoms with van der Waals surface area (Å²) in [5.74, 6) is -0.432. The van der Waals surface area contributed by atoms with Crippen LogP contribution in [0.1, 0.15) is 16.1 Å². The van der Waals surface area contributed by atoms with Crippen molar-refractivity contribution in [1.29, 1.82) is 0 Å². The van der Waals surface area contributed by atoms with Crippen LogP contribution < -0.4 is 5.32 Å². The molecule has 0 bridgehead atoms. The van der Waals surface area contributed by atoms with E-state index in [1.165, 1.54) is 28.9 Å². The standard InChI is InChI=1S/C17H13ClN4O3/c1-11-15(16(18)21(20-11)13-5-3-2-4-6-13)17(23)19-12-7-9-14(10-8-12)22(24)25/h2-10H,1H3,(H,19,23). The number of nitro groups is 1. The van der Waals surface area contributed by atoms with Crippen molar-refractivity contribution in [2.24, 2.45) is 0 Å². The molecule has 0 spiro atoms. The number of hydrogen-bond donors (Lipinski definition) is 1. The van der Waals surface area contributed by atoms with E-state index in [4.69, 9.17) is 11.6 Å². The maximum Gasteiger partial charge on any atom is 0.269 e. The number of aromatic nitrogens is 2. The van der Waals surface area contributed by atoms with Crippen LogP contribution >= 0.6 is 11.6 Å². The second kappa shape index (κ2) is 6.74. The maximum absolute atomic E-state index is 12.5. The van der Waals surface area contributed by atoms with Crippen LogP contribution in [0.3, 0.4) is 0 Å². The van der Waals surface area contributed by atoms with Crippen molar-refractivity contribution >= 4 is 28.9 Å². The molecule has 1 heterocycles. The number of nitrogens with zero attached hydrogens (tertiary/aromatic N) is 3. The highest BCUT2D eigenvalue weighted by Crippen LogP contribution is 2.25. The number of hydrogen-bond acceptors (Lipinski definition) is 4. The Balaban J connectivity index is 1.88. The summed E-state index contributed by atoms with van der Waals surface area (Å²) in [7, 11) is 0. The molecular formula is C17H13ClN4O3. The molecule has 0 aliphatic rings. The third kappa shape index (κ3) is 3.36. The van der Waals surface area contributed by atoms with Crippen molar-refractivity contribution in [3.05, 3.63) is 81.1 Å². The van der Waals surface area contributed by atoms with Crippen molar-refractivity contribution < 1.29 is 9.72 Å². The van der Waals surface area contributed by atoms with E-state index in [0.29, 0.717) is 11.4 Å². The zero-order chi connectivity index (χ0) is 18.0. The van der Waals surface area contributed by atoms with E-state index in [1.807, 2.05) is 30.3 Å². The lowest BCUT2D eigenvalue weighted by atomic mass is 10.2. The molecular weight excluding hydrogens is 344 g/mol. The average molecular weight is 357 g/mol. The van der Waals surface area contributed by atoms with Gasteiger partial charge in [-0.1, -0.05) is 29.8 Å². The first-order valence-corrected chi connectivity index (χ1v) is 7.71. The molecule has 126 valence electrons. The maximum atomic E-state index is 12.5. The highest BCUT2D eigenvalue weighted by Gasteiger charge is 2.21. The Morgan fingerprint density at radius 3 is 2.40 bits per heavy atom. The summed E-state index contributed by atoms with van der Waals surface area (Å²) in [6.07, 6.45) is 0. The van der Waals surface area contributed by atoms with Gasteiger partial charge in [-0.25, -0.2) is 4.68 Å². The minimum Gasteiger partial charge on any atom is -0.322 e. The number of nitro benzene ring substituents is 1. The highest BCUT2D eigenvalue weighted by molar-refractivity contribution is 6.34. The van der Waals surface area contributed by atoms with Gasteiger partial charge in [-0.3, -0.25) is 14.9 Å². The summed E-state index contributed by atoms with van der Waals surface area (Å²) < 4.78 is 1.49. The summed E-state index contributed by atoms with van der Waals surface area (Å²) in [5, 5.41) is 17.9. The molecule has 0 atom stereocenters. The van der Waals surface area contributed by atoms with E-state index < -0.39 is 10.8 Å². The summed E-state index contributed by atoms with van der Waals surface area (Å²) in [6, 6.07) is 14.8. The van der Waals surface area contributed by atoms with Crippen LogP contribution in [0.2, 0.25) is 5.15 Å². The molecule has 2 aromatic carbocycles. The monoisotopic (exact) mass is 356 g/mol. The second-order valence-corrected chi connectivity index (χ2v) is 5.61. The molecule has 1 N–H and O–H groups in total. The minimum atomic E-state index is -0.503. The molecule has 1 amide bonds. The number of para-hydroxylation sites is 1. The number of carbonyl (C=O) groups is 1. The summed E-state index contributed by atoms with van der Waals surface area (Å²) in [5.41, 5.74) is 1.85. The van der Waals surface area contributed by atoms with Crippen LogP contribution in [0, 0.1) is 17.0 Å². The lowest BCUT2D eigenvalue weighted by Crippen LogP contribution is -2.13. The van der Waals surface area contributed by atoms with Crippen LogP contribution in [0.25, 0.3) is 5.69 Å². The summed E-state index contributed by atoms with van der Waals surface area (Å²) in [4.78, 5) is 22.7. The Morgan fingerprint density at radius 1 is 1.16 bits per heavy atom. The molecule has 3 aromatic rings. The van der Waals surface area contributed by atoms with Gasteiger partial charge in [0, 0.05) is 17.8 Å². The molecule has 0 saturated heterocycles. The predicted molar refractivity (Wildman–Crippen MR) is 94.4 cm³/mol. The van der Waals surface area contributed by atoms with Gasteiger partial charge in [0.2, 0.25) is 0 Å². The quantitative estimate of drug-likeness (QED) is 0.565. The fraction of sp³-hybridized carbons (Fsp3) is 0.0588. The van der Waals surface area contributed by atoms with Gasteiger partial charge in [0.05, 0.1) is 16.3 Å². The first-order chi connectivity index (χ1) is 12.0. The number of aryl methyl sites for hydroxylation is 1. The lowest BCUT2D eigenvalue weighted by molar-refractivity contribution is -0.384. The van der Waals surface area contributed by atoms with Crippen LogP contribution in [0.5, 0.6) is 0 Å².